The molecule has 0 aliphatic carbocycles. The highest BCUT2D eigenvalue weighted by Crippen LogP contribution is 2.19. The maximum absolute atomic E-state index is 12.9. The van der Waals surface area contributed by atoms with Crippen molar-refractivity contribution in [1.82, 2.24) is 0 Å². The molecule has 0 aliphatic rings. The monoisotopic (exact) mass is 450 g/mol. The molecule has 7 heteroatoms. The lowest BCUT2D eigenvalue weighted by molar-refractivity contribution is 0.102. The minimum absolute atomic E-state index is 0.222. The summed E-state index contributed by atoms with van der Waals surface area (Å²) >= 11 is 0. The fourth-order valence-electron chi connectivity index (χ4n) is 3.23. The molecule has 7 nitrogen and oxygen atoms in total. The fraction of sp³-hybridized carbons (Fsp3) is 0. The van der Waals surface area contributed by atoms with Gasteiger partial charge in [0, 0.05) is 33.9 Å². The Hall–Kier alpha value is -4.91. The predicted molar refractivity (Wildman–Crippen MR) is 134 cm³/mol. The van der Waals surface area contributed by atoms with E-state index in [1.54, 1.807) is 72.8 Å². The van der Waals surface area contributed by atoms with Crippen LogP contribution in [-0.2, 0) is 0 Å². The number of hydrogen-bond acceptors (Lipinski definition) is 3. The zero-order valence-corrected chi connectivity index (χ0v) is 18.1. The molecule has 0 heterocycles. The van der Waals surface area contributed by atoms with Gasteiger partial charge >= 0.3 is 6.03 Å². The summed E-state index contributed by atoms with van der Waals surface area (Å²) in [4.78, 5) is 38.3. The topological polar surface area (TPSA) is 99.3 Å². The Morgan fingerprint density at radius 1 is 0.412 bits per heavy atom. The largest absolute Gasteiger partial charge is 0.323 e. The van der Waals surface area contributed by atoms with Crippen LogP contribution in [0.1, 0.15) is 20.7 Å². The molecule has 0 aromatic heterocycles. The van der Waals surface area contributed by atoms with E-state index in [0.717, 1.165) is 0 Å². The quantitative estimate of drug-likeness (QED) is 0.297. The highest BCUT2D eigenvalue weighted by Gasteiger charge is 2.15. The van der Waals surface area contributed by atoms with Gasteiger partial charge in [0.05, 0.1) is 0 Å². The van der Waals surface area contributed by atoms with E-state index in [1.807, 2.05) is 18.2 Å². The van der Waals surface area contributed by atoms with Crippen LogP contribution in [0.4, 0.5) is 27.5 Å². The van der Waals surface area contributed by atoms with Gasteiger partial charge in [0.2, 0.25) is 0 Å². The van der Waals surface area contributed by atoms with Gasteiger partial charge in [-0.1, -0.05) is 54.6 Å². The van der Waals surface area contributed by atoms with Crippen LogP contribution in [0, 0.1) is 0 Å². The van der Waals surface area contributed by atoms with Crippen molar-refractivity contribution in [3.63, 3.8) is 0 Å². The zero-order valence-electron chi connectivity index (χ0n) is 18.1. The van der Waals surface area contributed by atoms with Gasteiger partial charge in [-0.15, -0.1) is 0 Å². The van der Waals surface area contributed by atoms with Gasteiger partial charge in [0.25, 0.3) is 11.8 Å². The number of carbonyl (C=O) groups excluding carboxylic acids is 3. The van der Waals surface area contributed by atoms with E-state index in [1.165, 1.54) is 18.2 Å². The Kier molecular flexibility index (Phi) is 6.95. The summed E-state index contributed by atoms with van der Waals surface area (Å²) in [6.45, 7) is 0. The average molecular weight is 450 g/mol. The van der Waals surface area contributed by atoms with Crippen LogP contribution in [0.3, 0.4) is 0 Å². The summed E-state index contributed by atoms with van der Waals surface area (Å²) in [5.41, 5.74) is 2.58. The molecular formula is C27H22N4O3. The van der Waals surface area contributed by atoms with Gasteiger partial charge in [-0.2, -0.15) is 0 Å². The summed E-state index contributed by atoms with van der Waals surface area (Å²) in [5.74, 6) is -0.820. The summed E-state index contributed by atoms with van der Waals surface area (Å²) in [6, 6.07) is 30.9. The number of rotatable bonds is 6. The number of hydrogen-bond donors (Lipinski definition) is 4. The Morgan fingerprint density at radius 3 is 1.18 bits per heavy atom. The number of anilines is 4. The number of nitrogens with one attached hydrogen (secondary N) is 4. The zero-order chi connectivity index (χ0) is 23.8. The molecule has 0 aliphatic heterocycles. The van der Waals surface area contributed by atoms with Gasteiger partial charge in [-0.05, 0) is 54.6 Å². The summed E-state index contributed by atoms with van der Waals surface area (Å²) in [6.07, 6.45) is 0. The molecule has 4 N–H and O–H groups in total. The molecule has 168 valence electrons. The van der Waals surface area contributed by atoms with E-state index in [2.05, 4.69) is 21.3 Å². The Labute approximate surface area is 196 Å². The Bertz CT molecular complexity index is 1220. The Balaban J connectivity index is 1.59. The smallest absolute Gasteiger partial charge is 0.322 e. The third-order valence-corrected chi connectivity index (χ3v) is 4.81. The number of urea groups is 1. The molecule has 0 saturated heterocycles. The first-order chi connectivity index (χ1) is 16.6. The first kappa shape index (κ1) is 22.3. The van der Waals surface area contributed by atoms with Crippen LogP contribution in [0.15, 0.2) is 109 Å². The van der Waals surface area contributed by atoms with Gasteiger partial charge < -0.3 is 21.3 Å². The molecule has 4 aromatic carbocycles. The van der Waals surface area contributed by atoms with Crippen molar-refractivity contribution < 1.29 is 14.4 Å². The summed E-state index contributed by atoms with van der Waals surface area (Å²) < 4.78 is 0. The van der Waals surface area contributed by atoms with Gasteiger partial charge in [-0.3, -0.25) is 9.59 Å². The van der Waals surface area contributed by atoms with Crippen molar-refractivity contribution in [1.29, 1.82) is 0 Å². The molecule has 4 amide bonds. The molecule has 0 radical (unpaired) electrons. The SMILES string of the molecule is O=C(Nc1ccccc1)Nc1cc(C(=O)Nc2ccccc2)cc(C(=O)Nc2ccccc2)c1. The van der Waals surface area contributed by atoms with E-state index < -0.39 is 17.8 Å². The molecule has 4 aromatic rings. The van der Waals surface area contributed by atoms with Gasteiger partial charge in [0.15, 0.2) is 0 Å². The number of para-hydroxylation sites is 3. The van der Waals surface area contributed by atoms with Crippen LogP contribution in [-0.4, -0.2) is 17.8 Å². The van der Waals surface area contributed by atoms with Gasteiger partial charge in [-0.25, -0.2) is 4.79 Å². The molecule has 34 heavy (non-hydrogen) atoms. The first-order valence-corrected chi connectivity index (χ1v) is 10.6. The fourth-order valence-corrected chi connectivity index (χ4v) is 3.23. The van der Waals surface area contributed by atoms with E-state index in [9.17, 15) is 14.4 Å². The lowest BCUT2D eigenvalue weighted by atomic mass is 10.1. The maximum Gasteiger partial charge on any atom is 0.323 e. The standard InChI is InChI=1S/C27H22N4O3/c32-25(28-21-10-4-1-5-11-21)19-16-20(26(33)29-22-12-6-2-7-13-22)18-24(17-19)31-27(34)30-23-14-8-3-9-15-23/h1-18H,(H,28,32)(H,29,33)(H2,30,31,34). The maximum atomic E-state index is 12.9. The molecule has 4 rings (SSSR count). The normalized spacial score (nSPS) is 10.1. The number of benzene rings is 4. The minimum atomic E-state index is -0.499. The Morgan fingerprint density at radius 2 is 0.765 bits per heavy atom. The highest BCUT2D eigenvalue weighted by atomic mass is 16.2. The summed E-state index contributed by atoms with van der Waals surface area (Å²) in [5, 5.41) is 11.0. The van der Waals surface area contributed by atoms with Crippen LogP contribution in [0.2, 0.25) is 0 Å². The molecule has 0 fully saturated rings. The third-order valence-electron chi connectivity index (χ3n) is 4.81. The van der Waals surface area contributed by atoms with Crippen molar-refractivity contribution >= 4 is 40.6 Å². The average Bonchev–Trinajstić information content (AvgIpc) is 2.85. The van der Waals surface area contributed by atoms with Crippen molar-refractivity contribution in [3.8, 4) is 0 Å². The van der Waals surface area contributed by atoms with Gasteiger partial charge in [0.1, 0.15) is 0 Å². The van der Waals surface area contributed by atoms with Crippen molar-refractivity contribution in [3.05, 3.63) is 120 Å². The predicted octanol–water partition coefficient (Wildman–Crippen LogP) is 5.84. The van der Waals surface area contributed by atoms with Crippen LogP contribution in [0.25, 0.3) is 0 Å². The number of carbonyl (C=O) groups is 3. The third kappa shape index (κ3) is 6.08. The number of amides is 4. The van der Waals surface area contributed by atoms with Crippen molar-refractivity contribution in [2.75, 3.05) is 21.3 Å². The molecule has 0 bridgehead atoms. The van der Waals surface area contributed by atoms with Crippen LogP contribution >= 0.6 is 0 Å². The lowest BCUT2D eigenvalue weighted by Crippen LogP contribution is -2.21. The molecule has 0 atom stereocenters. The van der Waals surface area contributed by atoms with Crippen molar-refractivity contribution in [2.45, 2.75) is 0 Å². The summed E-state index contributed by atoms with van der Waals surface area (Å²) in [7, 11) is 0. The van der Waals surface area contributed by atoms with E-state index in [0.29, 0.717) is 22.7 Å². The van der Waals surface area contributed by atoms with Crippen LogP contribution in [0.5, 0.6) is 0 Å². The highest BCUT2D eigenvalue weighted by molar-refractivity contribution is 6.10. The van der Waals surface area contributed by atoms with Crippen LogP contribution < -0.4 is 21.3 Å². The molecule has 0 unspecified atom stereocenters. The second kappa shape index (κ2) is 10.6. The van der Waals surface area contributed by atoms with E-state index in [-0.39, 0.29) is 11.1 Å². The molecule has 0 spiro atoms. The molecular weight excluding hydrogens is 428 g/mol. The van der Waals surface area contributed by atoms with E-state index >= 15 is 0 Å². The second-order valence-corrected chi connectivity index (χ2v) is 7.38. The first-order valence-electron chi connectivity index (χ1n) is 10.6. The van der Waals surface area contributed by atoms with Crippen molar-refractivity contribution in [2.24, 2.45) is 0 Å². The second-order valence-electron chi connectivity index (χ2n) is 7.38. The van der Waals surface area contributed by atoms with E-state index in [4.69, 9.17) is 0 Å². The molecule has 0 saturated carbocycles. The minimum Gasteiger partial charge on any atom is -0.322 e. The lowest BCUT2D eigenvalue weighted by Gasteiger charge is -2.13.